The van der Waals surface area contributed by atoms with E-state index in [0.717, 1.165) is 17.7 Å². The molecule has 2 aromatic rings. The summed E-state index contributed by atoms with van der Waals surface area (Å²) < 4.78 is 44.8. The summed E-state index contributed by atoms with van der Waals surface area (Å²) in [4.78, 5) is 42.0. The van der Waals surface area contributed by atoms with Gasteiger partial charge in [-0.2, -0.15) is 13.2 Å². The molecule has 0 aromatic heterocycles. The van der Waals surface area contributed by atoms with Crippen LogP contribution in [0.25, 0.3) is 11.1 Å². The molecule has 2 heterocycles. The van der Waals surface area contributed by atoms with Gasteiger partial charge in [-0.25, -0.2) is 4.79 Å². The van der Waals surface area contributed by atoms with Crippen molar-refractivity contribution in [2.24, 2.45) is 0 Å². The predicted molar refractivity (Wildman–Crippen MR) is 132 cm³/mol. The lowest BCUT2D eigenvalue weighted by atomic mass is 9.94. The first kappa shape index (κ1) is 26.5. The molecule has 3 amide bonds. The molecule has 1 N–H and O–H groups in total. The quantitative estimate of drug-likeness (QED) is 0.620. The summed E-state index contributed by atoms with van der Waals surface area (Å²) in [5.74, 6) is -0.652. The summed E-state index contributed by atoms with van der Waals surface area (Å²) in [5, 5.41) is 2.56. The number of amides is 3. The first-order valence-corrected chi connectivity index (χ1v) is 12.2. The molecule has 198 valence electrons. The van der Waals surface area contributed by atoms with Crippen LogP contribution in [-0.4, -0.2) is 54.6 Å². The van der Waals surface area contributed by atoms with Crippen molar-refractivity contribution in [1.29, 1.82) is 0 Å². The first-order valence-electron chi connectivity index (χ1n) is 12.2. The minimum absolute atomic E-state index is 0.269. The molecule has 1 atom stereocenters. The van der Waals surface area contributed by atoms with E-state index in [9.17, 15) is 27.6 Å². The molecular weight excluding hydrogens is 487 g/mol. The number of rotatable bonds is 3. The van der Waals surface area contributed by atoms with Crippen LogP contribution in [0.15, 0.2) is 36.4 Å². The maximum Gasteiger partial charge on any atom is 0.416 e. The Morgan fingerprint density at radius 3 is 2.30 bits per heavy atom. The zero-order valence-electron chi connectivity index (χ0n) is 21.2. The number of carbonyl (C=O) groups excluding carboxylic acids is 3. The molecule has 0 unspecified atom stereocenters. The third kappa shape index (κ3) is 5.42. The molecule has 0 spiro atoms. The summed E-state index contributed by atoms with van der Waals surface area (Å²) >= 11 is 0. The van der Waals surface area contributed by atoms with E-state index in [4.69, 9.17) is 4.74 Å². The van der Waals surface area contributed by atoms with Crippen molar-refractivity contribution in [2.75, 3.05) is 25.0 Å². The highest BCUT2D eigenvalue weighted by Crippen LogP contribution is 2.40. The van der Waals surface area contributed by atoms with Gasteiger partial charge in [-0.1, -0.05) is 12.1 Å². The fraction of sp³-hybridized carbons (Fsp3) is 0.444. The maximum absolute atomic E-state index is 13.7. The lowest BCUT2D eigenvalue weighted by molar-refractivity contribution is -0.137. The zero-order valence-corrected chi connectivity index (χ0v) is 21.2. The molecule has 1 saturated heterocycles. The second-order valence-corrected chi connectivity index (χ2v) is 10.2. The molecule has 10 heteroatoms. The predicted octanol–water partition coefficient (Wildman–Crippen LogP) is 5.02. The number of fused-ring (bicyclic) bond motifs is 1. The van der Waals surface area contributed by atoms with Gasteiger partial charge in [0.25, 0.3) is 5.91 Å². The van der Waals surface area contributed by atoms with E-state index < -0.39 is 29.5 Å². The second kappa shape index (κ2) is 9.72. The normalized spacial score (nSPS) is 17.5. The number of hydrogen-bond donors (Lipinski definition) is 1. The molecule has 2 aliphatic rings. The number of halogens is 3. The minimum Gasteiger partial charge on any atom is -0.444 e. The van der Waals surface area contributed by atoms with Crippen molar-refractivity contribution in [1.82, 2.24) is 10.2 Å². The summed E-state index contributed by atoms with van der Waals surface area (Å²) in [6, 6.07) is 7.32. The molecular formula is C27H30F3N3O4. The van der Waals surface area contributed by atoms with Gasteiger partial charge in [-0.15, -0.1) is 0 Å². The van der Waals surface area contributed by atoms with Crippen LogP contribution in [0, 0.1) is 0 Å². The number of alkyl halides is 3. The van der Waals surface area contributed by atoms with Gasteiger partial charge in [-0.3, -0.25) is 14.5 Å². The van der Waals surface area contributed by atoms with E-state index in [1.54, 1.807) is 37.8 Å². The Kier molecular flexibility index (Phi) is 6.96. The van der Waals surface area contributed by atoms with Crippen molar-refractivity contribution in [3.05, 3.63) is 53.1 Å². The van der Waals surface area contributed by atoms with Gasteiger partial charge in [0.05, 0.1) is 5.56 Å². The van der Waals surface area contributed by atoms with E-state index in [-0.39, 0.29) is 17.4 Å². The molecule has 2 aliphatic heterocycles. The Labute approximate surface area is 213 Å². The van der Waals surface area contributed by atoms with Gasteiger partial charge < -0.3 is 15.0 Å². The summed E-state index contributed by atoms with van der Waals surface area (Å²) in [6.45, 7) is 6.02. The van der Waals surface area contributed by atoms with Crippen LogP contribution in [0.3, 0.4) is 0 Å². The fourth-order valence-electron chi connectivity index (χ4n) is 4.85. The lowest BCUT2D eigenvalue weighted by Crippen LogP contribution is -2.48. The highest BCUT2D eigenvalue weighted by atomic mass is 19.4. The highest BCUT2D eigenvalue weighted by Gasteiger charge is 2.41. The zero-order chi connectivity index (χ0) is 27.1. The molecule has 1 fully saturated rings. The van der Waals surface area contributed by atoms with Gasteiger partial charge in [0.2, 0.25) is 5.91 Å². The van der Waals surface area contributed by atoms with Crippen molar-refractivity contribution in [3.8, 4) is 11.1 Å². The average Bonchev–Trinajstić information content (AvgIpc) is 3.48. The molecule has 0 radical (unpaired) electrons. The van der Waals surface area contributed by atoms with Gasteiger partial charge in [0, 0.05) is 31.4 Å². The summed E-state index contributed by atoms with van der Waals surface area (Å²) in [7, 11) is 1.48. The van der Waals surface area contributed by atoms with Crippen molar-refractivity contribution in [3.63, 3.8) is 0 Å². The van der Waals surface area contributed by atoms with Crippen LogP contribution in [0.2, 0.25) is 0 Å². The number of anilines is 1. The van der Waals surface area contributed by atoms with E-state index in [1.165, 1.54) is 24.1 Å². The number of benzene rings is 2. The van der Waals surface area contributed by atoms with E-state index >= 15 is 0 Å². The number of ether oxygens (including phenoxy) is 1. The van der Waals surface area contributed by atoms with E-state index in [2.05, 4.69) is 5.32 Å². The Bertz CT molecular complexity index is 1220. The number of likely N-dealkylation sites (tertiary alicyclic amines) is 1. The average molecular weight is 518 g/mol. The van der Waals surface area contributed by atoms with Crippen LogP contribution < -0.4 is 10.2 Å². The van der Waals surface area contributed by atoms with Gasteiger partial charge >= 0.3 is 12.3 Å². The van der Waals surface area contributed by atoms with Crippen LogP contribution in [-0.2, 0) is 22.1 Å². The van der Waals surface area contributed by atoms with Crippen molar-refractivity contribution >= 4 is 23.6 Å². The largest absolute Gasteiger partial charge is 0.444 e. The molecule has 0 bridgehead atoms. The SMILES string of the molecule is CNC(=O)c1cc(-c2ccc(C(F)(F)F)cc2)c2c(c1)N(C(=O)[C@@H]1CCCN1C(=O)OC(C)(C)C)CC2. The lowest BCUT2D eigenvalue weighted by Gasteiger charge is -2.30. The maximum atomic E-state index is 13.7. The van der Waals surface area contributed by atoms with E-state index in [0.29, 0.717) is 49.2 Å². The smallest absolute Gasteiger partial charge is 0.416 e. The van der Waals surface area contributed by atoms with Crippen LogP contribution in [0.4, 0.5) is 23.7 Å². The summed E-state index contributed by atoms with van der Waals surface area (Å²) in [5.41, 5.74) is 1.21. The second-order valence-electron chi connectivity index (χ2n) is 10.2. The monoisotopic (exact) mass is 517 g/mol. The Morgan fingerprint density at radius 2 is 1.70 bits per heavy atom. The Hall–Kier alpha value is -3.56. The standard InChI is InChI=1S/C27H30F3N3O4/c1-26(2,3)37-25(36)33-12-5-6-21(33)24(35)32-13-11-19-20(14-17(15-22(19)32)23(34)31-4)16-7-9-18(10-8-16)27(28,29)30/h7-10,14-15,21H,5-6,11-13H2,1-4H3,(H,31,34)/t21-/m0/s1. The Morgan fingerprint density at radius 1 is 1.03 bits per heavy atom. The van der Waals surface area contributed by atoms with Gasteiger partial charge in [0.15, 0.2) is 0 Å². The Balaban J connectivity index is 1.71. The van der Waals surface area contributed by atoms with Crippen molar-refractivity contribution in [2.45, 2.75) is 57.9 Å². The highest BCUT2D eigenvalue weighted by molar-refractivity contribution is 6.04. The first-order chi connectivity index (χ1) is 17.3. The number of nitrogens with one attached hydrogen (secondary N) is 1. The number of carbonyl (C=O) groups is 3. The number of nitrogens with zero attached hydrogens (tertiary/aromatic N) is 2. The molecule has 0 saturated carbocycles. The van der Waals surface area contributed by atoms with Crippen LogP contribution >= 0.6 is 0 Å². The van der Waals surface area contributed by atoms with Gasteiger partial charge in [0.1, 0.15) is 11.6 Å². The minimum atomic E-state index is -4.46. The van der Waals surface area contributed by atoms with Crippen molar-refractivity contribution < 1.29 is 32.3 Å². The molecule has 0 aliphatic carbocycles. The van der Waals surface area contributed by atoms with Crippen LogP contribution in [0.1, 0.15) is 55.1 Å². The topological polar surface area (TPSA) is 79.0 Å². The van der Waals surface area contributed by atoms with E-state index in [1.807, 2.05) is 0 Å². The fourth-order valence-corrected chi connectivity index (χ4v) is 4.85. The molecule has 7 nitrogen and oxygen atoms in total. The molecule has 4 rings (SSSR count). The van der Waals surface area contributed by atoms with Crippen LogP contribution in [0.5, 0.6) is 0 Å². The third-order valence-electron chi connectivity index (χ3n) is 6.55. The molecule has 37 heavy (non-hydrogen) atoms. The summed E-state index contributed by atoms with van der Waals surface area (Å²) in [6.07, 6.45) is -3.40. The van der Waals surface area contributed by atoms with Gasteiger partial charge in [-0.05, 0) is 81.0 Å². The number of hydrogen-bond acceptors (Lipinski definition) is 4. The molecule has 2 aromatic carbocycles. The third-order valence-corrected chi connectivity index (χ3v) is 6.55.